The number of benzene rings is 1. The van der Waals surface area contributed by atoms with Crippen LogP contribution in [0.4, 0.5) is 0 Å². The number of aliphatic hydroxyl groups excluding tert-OH is 2. The largest absolute Gasteiger partial charge is 0.467 e. The Kier molecular flexibility index (Phi) is 5.25. The van der Waals surface area contributed by atoms with Crippen molar-refractivity contribution in [2.45, 2.75) is 12.2 Å². The minimum absolute atomic E-state index is 0.0856. The molecule has 1 amide bonds. The number of halogens is 2. The molecule has 7 heteroatoms. The van der Waals surface area contributed by atoms with Crippen LogP contribution in [-0.4, -0.2) is 22.7 Å². The second-order valence-corrected chi connectivity index (χ2v) is 5.25. The van der Waals surface area contributed by atoms with Gasteiger partial charge in [0.15, 0.2) is 6.10 Å². The Labute approximate surface area is 131 Å². The SMILES string of the molecule is O=C(NCC(O)c1ccco1)C(O)c1cc(Cl)cc(Cl)c1. The predicted octanol–water partition coefficient (Wildman–Crippen LogP) is 2.47. The van der Waals surface area contributed by atoms with Crippen LogP contribution in [0.1, 0.15) is 23.5 Å². The van der Waals surface area contributed by atoms with Crippen LogP contribution < -0.4 is 5.32 Å². The Morgan fingerprint density at radius 1 is 1.24 bits per heavy atom. The Balaban J connectivity index is 1.96. The van der Waals surface area contributed by atoms with E-state index in [1.807, 2.05) is 0 Å². The minimum atomic E-state index is -1.43. The summed E-state index contributed by atoms with van der Waals surface area (Å²) in [5.74, 6) is -0.338. The lowest BCUT2D eigenvalue weighted by Crippen LogP contribution is -2.32. The average molecular weight is 330 g/mol. The zero-order valence-electron chi connectivity index (χ0n) is 10.8. The minimum Gasteiger partial charge on any atom is -0.467 e. The van der Waals surface area contributed by atoms with Crippen LogP contribution in [0.3, 0.4) is 0 Å². The third kappa shape index (κ3) is 4.22. The lowest BCUT2D eigenvalue weighted by atomic mass is 10.1. The monoisotopic (exact) mass is 329 g/mol. The normalized spacial score (nSPS) is 13.7. The van der Waals surface area contributed by atoms with Crippen LogP contribution in [0, 0.1) is 0 Å². The Bertz CT molecular complexity index is 595. The van der Waals surface area contributed by atoms with Crippen LogP contribution in [0.5, 0.6) is 0 Å². The zero-order valence-corrected chi connectivity index (χ0v) is 12.3. The highest BCUT2D eigenvalue weighted by Crippen LogP contribution is 2.23. The van der Waals surface area contributed by atoms with Gasteiger partial charge >= 0.3 is 0 Å². The van der Waals surface area contributed by atoms with E-state index in [1.54, 1.807) is 12.1 Å². The molecule has 3 N–H and O–H groups in total. The van der Waals surface area contributed by atoms with Crippen LogP contribution >= 0.6 is 23.2 Å². The molecule has 112 valence electrons. The van der Waals surface area contributed by atoms with Gasteiger partial charge in [0.2, 0.25) is 0 Å². The molecule has 1 aromatic heterocycles. The molecular weight excluding hydrogens is 317 g/mol. The molecule has 2 rings (SSSR count). The number of hydrogen-bond acceptors (Lipinski definition) is 4. The lowest BCUT2D eigenvalue weighted by Gasteiger charge is -2.14. The fourth-order valence-corrected chi connectivity index (χ4v) is 2.30. The summed E-state index contributed by atoms with van der Waals surface area (Å²) in [4.78, 5) is 11.9. The van der Waals surface area contributed by atoms with E-state index in [2.05, 4.69) is 5.32 Å². The van der Waals surface area contributed by atoms with Gasteiger partial charge in [-0.1, -0.05) is 23.2 Å². The maximum Gasteiger partial charge on any atom is 0.253 e. The summed E-state index contributed by atoms with van der Waals surface area (Å²) < 4.78 is 5.01. The van der Waals surface area contributed by atoms with Gasteiger partial charge in [0, 0.05) is 10.0 Å². The fraction of sp³-hybridized carbons (Fsp3) is 0.214. The molecule has 0 aliphatic heterocycles. The maximum atomic E-state index is 11.9. The van der Waals surface area contributed by atoms with Gasteiger partial charge in [-0.25, -0.2) is 0 Å². The molecule has 2 unspecified atom stereocenters. The Hall–Kier alpha value is -1.53. The highest BCUT2D eigenvalue weighted by atomic mass is 35.5. The van der Waals surface area contributed by atoms with Crippen molar-refractivity contribution in [3.8, 4) is 0 Å². The summed E-state index contributed by atoms with van der Waals surface area (Å²) in [6.07, 6.45) is -0.993. The fourth-order valence-electron chi connectivity index (χ4n) is 1.76. The standard InChI is InChI=1S/C14H13Cl2NO4/c15-9-4-8(5-10(16)6-9)13(19)14(20)17-7-11(18)12-2-1-3-21-12/h1-6,11,13,18-19H,7H2,(H,17,20). The number of furan rings is 1. The number of aliphatic hydroxyl groups is 2. The van der Waals surface area contributed by atoms with E-state index in [0.29, 0.717) is 15.8 Å². The molecule has 0 saturated carbocycles. The topological polar surface area (TPSA) is 82.7 Å². The Morgan fingerprint density at radius 2 is 1.90 bits per heavy atom. The van der Waals surface area contributed by atoms with Crippen LogP contribution in [0.15, 0.2) is 41.0 Å². The van der Waals surface area contributed by atoms with Crippen molar-refractivity contribution < 1.29 is 19.4 Å². The van der Waals surface area contributed by atoms with E-state index < -0.39 is 18.1 Å². The quantitative estimate of drug-likeness (QED) is 0.786. The van der Waals surface area contributed by atoms with Crippen LogP contribution in [-0.2, 0) is 4.79 Å². The molecule has 2 atom stereocenters. The number of carbonyl (C=O) groups is 1. The highest BCUT2D eigenvalue weighted by Gasteiger charge is 2.20. The molecule has 0 fully saturated rings. The molecule has 0 spiro atoms. The van der Waals surface area contributed by atoms with Gasteiger partial charge in [0.1, 0.15) is 11.9 Å². The molecule has 5 nitrogen and oxygen atoms in total. The van der Waals surface area contributed by atoms with E-state index in [4.69, 9.17) is 27.6 Å². The molecule has 1 heterocycles. The number of rotatable bonds is 5. The van der Waals surface area contributed by atoms with Gasteiger partial charge in [-0.3, -0.25) is 4.79 Å². The molecule has 0 aliphatic carbocycles. The van der Waals surface area contributed by atoms with E-state index in [0.717, 1.165) is 0 Å². The zero-order chi connectivity index (χ0) is 15.4. The first-order chi connectivity index (χ1) is 9.97. The van der Waals surface area contributed by atoms with Gasteiger partial charge < -0.3 is 19.9 Å². The summed E-state index contributed by atoms with van der Waals surface area (Å²) in [7, 11) is 0. The number of carbonyl (C=O) groups excluding carboxylic acids is 1. The third-order valence-electron chi connectivity index (χ3n) is 2.79. The summed E-state index contributed by atoms with van der Waals surface area (Å²) in [6.45, 7) is -0.0856. The molecular formula is C14H13Cl2NO4. The summed E-state index contributed by atoms with van der Waals surface area (Å²) >= 11 is 11.6. The van der Waals surface area contributed by atoms with Gasteiger partial charge in [-0.15, -0.1) is 0 Å². The van der Waals surface area contributed by atoms with E-state index in [9.17, 15) is 15.0 Å². The van der Waals surface area contributed by atoms with Crippen molar-refractivity contribution in [1.29, 1.82) is 0 Å². The molecule has 1 aromatic carbocycles. The lowest BCUT2D eigenvalue weighted by molar-refractivity contribution is -0.130. The van der Waals surface area contributed by atoms with Crippen molar-refractivity contribution in [1.82, 2.24) is 5.32 Å². The number of amides is 1. The maximum absolute atomic E-state index is 11.9. The molecule has 0 aliphatic rings. The smallest absolute Gasteiger partial charge is 0.253 e. The van der Waals surface area contributed by atoms with Gasteiger partial charge in [0.05, 0.1) is 12.8 Å². The van der Waals surface area contributed by atoms with Gasteiger partial charge in [0.25, 0.3) is 5.91 Å². The van der Waals surface area contributed by atoms with Gasteiger partial charge in [-0.2, -0.15) is 0 Å². The Morgan fingerprint density at radius 3 is 2.48 bits per heavy atom. The van der Waals surface area contributed by atoms with Crippen molar-refractivity contribution in [3.05, 3.63) is 58.0 Å². The summed E-state index contributed by atoms with van der Waals surface area (Å²) in [5.41, 5.74) is 0.275. The first kappa shape index (κ1) is 15.9. The number of hydrogen-bond donors (Lipinski definition) is 3. The van der Waals surface area contributed by atoms with Crippen LogP contribution in [0.2, 0.25) is 10.0 Å². The van der Waals surface area contributed by atoms with Crippen molar-refractivity contribution in [2.24, 2.45) is 0 Å². The summed E-state index contributed by atoms with van der Waals surface area (Å²) in [5, 5.41) is 22.8. The first-order valence-electron chi connectivity index (χ1n) is 6.10. The molecule has 2 aromatic rings. The molecule has 21 heavy (non-hydrogen) atoms. The third-order valence-corrected chi connectivity index (χ3v) is 3.23. The molecule has 0 radical (unpaired) electrons. The predicted molar refractivity (Wildman–Crippen MR) is 78.1 cm³/mol. The highest BCUT2D eigenvalue weighted by molar-refractivity contribution is 6.34. The van der Waals surface area contributed by atoms with E-state index >= 15 is 0 Å². The summed E-state index contributed by atoms with van der Waals surface area (Å²) in [6, 6.07) is 7.60. The molecule has 0 saturated heterocycles. The van der Waals surface area contributed by atoms with Crippen molar-refractivity contribution in [2.75, 3.05) is 6.54 Å². The first-order valence-corrected chi connectivity index (χ1v) is 6.86. The van der Waals surface area contributed by atoms with Crippen molar-refractivity contribution >= 4 is 29.1 Å². The second kappa shape index (κ2) is 6.95. The number of nitrogens with one attached hydrogen (secondary N) is 1. The molecule has 0 bridgehead atoms. The van der Waals surface area contributed by atoms with E-state index in [1.165, 1.54) is 24.5 Å². The van der Waals surface area contributed by atoms with E-state index in [-0.39, 0.29) is 12.1 Å². The van der Waals surface area contributed by atoms with Gasteiger partial charge in [-0.05, 0) is 35.9 Å². The second-order valence-electron chi connectivity index (χ2n) is 4.38. The van der Waals surface area contributed by atoms with Crippen LogP contribution in [0.25, 0.3) is 0 Å². The van der Waals surface area contributed by atoms with Crippen molar-refractivity contribution in [3.63, 3.8) is 0 Å². The average Bonchev–Trinajstić information content (AvgIpc) is 2.96.